The molecule has 10 nitrogen and oxygen atoms in total. The first-order chi connectivity index (χ1) is 14.7. The molecule has 0 saturated carbocycles. The van der Waals surface area contributed by atoms with Crippen LogP contribution in [-0.4, -0.2) is 69.1 Å². The fourth-order valence-corrected chi connectivity index (χ4v) is 3.53. The number of aliphatic carboxylic acids is 2. The van der Waals surface area contributed by atoms with E-state index in [0.29, 0.717) is 5.75 Å². The van der Waals surface area contributed by atoms with Gasteiger partial charge in [0.25, 0.3) is 0 Å². The first kappa shape index (κ1) is 24.2. The van der Waals surface area contributed by atoms with E-state index < -0.39 is 48.3 Å². The molecule has 2 aromatic rings. The number of hydrogen-bond donors (Lipinski definition) is 6. The molecule has 0 radical (unpaired) electrons. The number of carbonyl (C=O) groups is 4. The Balaban J connectivity index is 2.11. The van der Waals surface area contributed by atoms with Gasteiger partial charge in [0.05, 0.1) is 12.5 Å². The number of thioether (sulfide) groups is 1. The highest BCUT2D eigenvalue weighted by Gasteiger charge is 2.29. The van der Waals surface area contributed by atoms with E-state index in [1.807, 2.05) is 30.5 Å². The Morgan fingerprint density at radius 3 is 2.42 bits per heavy atom. The lowest BCUT2D eigenvalue weighted by Crippen LogP contribution is -2.55. The maximum Gasteiger partial charge on any atom is 0.326 e. The van der Waals surface area contributed by atoms with Crippen molar-refractivity contribution in [3.8, 4) is 0 Å². The number of carbonyl (C=O) groups excluding carboxylic acids is 2. The van der Waals surface area contributed by atoms with Crippen molar-refractivity contribution in [1.29, 1.82) is 0 Å². The number of amides is 2. The van der Waals surface area contributed by atoms with Gasteiger partial charge in [-0.1, -0.05) is 18.2 Å². The molecule has 1 aromatic heterocycles. The minimum atomic E-state index is -1.32. The number of carboxylic acids is 2. The summed E-state index contributed by atoms with van der Waals surface area (Å²) in [6.45, 7) is 0. The molecule has 2 rings (SSSR count). The number of aromatic amines is 1. The van der Waals surface area contributed by atoms with Crippen molar-refractivity contribution in [3.05, 3.63) is 36.0 Å². The molecular weight excluding hydrogens is 424 g/mol. The smallest absolute Gasteiger partial charge is 0.326 e. The van der Waals surface area contributed by atoms with Crippen molar-refractivity contribution < 1.29 is 29.4 Å². The molecule has 3 atom stereocenters. The lowest BCUT2D eigenvalue weighted by molar-refractivity contribution is -0.142. The fourth-order valence-electron chi connectivity index (χ4n) is 3.06. The summed E-state index contributed by atoms with van der Waals surface area (Å²) in [4.78, 5) is 50.6. The van der Waals surface area contributed by atoms with E-state index in [2.05, 4.69) is 15.6 Å². The molecule has 0 unspecified atom stereocenters. The van der Waals surface area contributed by atoms with Crippen molar-refractivity contribution in [1.82, 2.24) is 15.6 Å². The Hall–Kier alpha value is -3.05. The molecule has 11 heteroatoms. The molecule has 0 fully saturated rings. The summed E-state index contributed by atoms with van der Waals surface area (Å²) >= 11 is 1.45. The van der Waals surface area contributed by atoms with Gasteiger partial charge in [0.15, 0.2) is 0 Å². The second-order valence-corrected chi connectivity index (χ2v) is 8.00. The minimum Gasteiger partial charge on any atom is -0.481 e. The van der Waals surface area contributed by atoms with E-state index >= 15 is 0 Å². The maximum absolute atomic E-state index is 12.8. The van der Waals surface area contributed by atoms with Crippen LogP contribution in [0.5, 0.6) is 0 Å². The quantitative estimate of drug-likeness (QED) is 0.268. The van der Waals surface area contributed by atoms with Crippen LogP contribution < -0.4 is 16.4 Å². The van der Waals surface area contributed by atoms with Crippen LogP contribution in [0.2, 0.25) is 0 Å². The van der Waals surface area contributed by atoms with Gasteiger partial charge in [-0.05, 0) is 30.1 Å². The molecule has 0 aliphatic carbocycles. The molecule has 31 heavy (non-hydrogen) atoms. The topological polar surface area (TPSA) is 175 Å². The van der Waals surface area contributed by atoms with Crippen LogP contribution in [0.4, 0.5) is 0 Å². The average Bonchev–Trinajstić information content (AvgIpc) is 3.12. The lowest BCUT2D eigenvalue weighted by Gasteiger charge is -2.22. The van der Waals surface area contributed by atoms with Gasteiger partial charge < -0.3 is 31.6 Å². The number of benzene rings is 1. The van der Waals surface area contributed by atoms with Gasteiger partial charge in [-0.2, -0.15) is 11.8 Å². The minimum absolute atomic E-state index is 0.0484. The monoisotopic (exact) mass is 450 g/mol. The number of H-pyrrole nitrogens is 1. The Labute approximate surface area is 182 Å². The molecule has 0 bridgehead atoms. The van der Waals surface area contributed by atoms with Crippen LogP contribution >= 0.6 is 11.8 Å². The SMILES string of the molecule is CSCC[C@H](NC(=O)[C@@H](N)CC(=O)O)C(=O)N[C@@H](Cc1c[nH]c2ccccc12)C(=O)O. The van der Waals surface area contributed by atoms with Gasteiger partial charge in [-0.25, -0.2) is 4.79 Å². The van der Waals surface area contributed by atoms with Crippen LogP contribution in [-0.2, 0) is 25.6 Å². The van der Waals surface area contributed by atoms with Crippen LogP contribution in [0.25, 0.3) is 10.9 Å². The molecule has 168 valence electrons. The van der Waals surface area contributed by atoms with E-state index in [4.69, 9.17) is 10.8 Å². The fraction of sp³-hybridized carbons (Fsp3) is 0.400. The Bertz CT molecular complexity index is 947. The Kier molecular flexibility index (Phi) is 8.88. The third-order valence-electron chi connectivity index (χ3n) is 4.69. The van der Waals surface area contributed by atoms with Crippen LogP contribution in [0.1, 0.15) is 18.4 Å². The van der Waals surface area contributed by atoms with Crippen molar-refractivity contribution in [2.45, 2.75) is 37.4 Å². The van der Waals surface area contributed by atoms with E-state index in [-0.39, 0.29) is 12.8 Å². The van der Waals surface area contributed by atoms with Crippen molar-refractivity contribution in [3.63, 3.8) is 0 Å². The average molecular weight is 451 g/mol. The van der Waals surface area contributed by atoms with Gasteiger partial charge in [-0.3, -0.25) is 14.4 Å². The number of hydrogen-bond acceptors (Lipinski definition) is 6. The highest BCUT2D eigenvalue weighted by atomic mass is 32.2. The maximum atomic E-state index is 12.8. The second kappa shape index (κ2) is 11.4. The lowest BCUT2D eigenvalue weighted by atomic mass is 10.0. The van der Waals surface area contributed by atoms with E-state index in [1.54, 1.807) is 6.20 Å². The summed E-state index contributed by atoms with van der Waals surface area (Å²) in [6.07, 6.45) is 3.22. The van der Waals surface area contributed by atoms with Crippen molar-refractivity contribution in [2.75, 3.05) is 12.0 Å². The predicted molar refractivity (Wildman–Crippen MR) is 117 cm³/mol. The summed E-state index contributed by atoms with van der Waals surface area (Å²) in [7, 11) is 0. The number of fused-ring (bicyclic) bond motifs is 1. The van der Waals surface area contributed by atoms with Gasteiger partial charge >= 0.3 is 11.9 Å². The summed E-state index contributed by atoms with van der Waals surface area (Å²) in [5, 5.41) is 24.2. The highest BCUT2D eigenvalue weighted by Crippen LogP contribution is 2.19. The van der Waals surface area contributed by atoms with Gasteiger partial charge in [0.1, 0.15) is 12.1 Å². The summed E-state index contributed by atoms with van der Waals surface area (Å²) in [6, 6.07) is 3.84. The normalized spacial score (nSPS) is 13.9. The summed E-state index contributed by atoms with van der Waals surface area (Å²) < 4.78 is 0. The number of aromatic nitrogens is 1. The molecule has 7 N–H and O–H groups in total. The molecule has 0 saturated heterocycles. The Morgan fingerprint density at radius 2 is 1.77 bits per heavy atom. The molecule has 1 heterocycles. The molecule has 2 amide bonds. The zero-order valence-electron chi connectivity index (χ0n) is 17.0. The third-order valence-corrected chi connectivity index (χ3v) is 5.33. The van der Waals surface area contributed by atoms with Gasteiger partial charge in [-0.15, -0.1) is 0 Å². The molecule has 0 aliphatic rings. The first-order valence-electron chi connectivity index (χ1n) is 9.57. The molecular formula is C20H26N4O6S. The highest BCUT2D eigenvalue weighted by molar-refractivity contribution is 7.98. The van der Waals surface area contributed by atoms with Crippen molar-refractivity contribution >= 4 is 46.4 Å². The Morgan fingerprint density at radius 1 is 1.10 bits per heavy atom. The predicted octanol–water partition coefficient (Wildman–Crippen LogP) is 0.320. The van der Waals surface area contributed by atoms with Gasteiger partial charge in [0, 0.05) is 23.5 Å². The zero-order valence-corrected chi connectivity index (χ0v) is 17.8. The standard InChI is InChI=1S/C20H26N4O6S/c1-31-7-6-15(23-18(27)13(21)9-17(25)26)19(28)24-16(20(29)30)8-11-10-22-14-5-3-2-4-12(11)14/h2-5,10,13,15-16,22H,6-9,21H2,1H3,(H,23,27)(H,24,28)(H,25,26)(H,29,30)/t13-,15-,16-/m0/s1. The number of nitrogens with two attached hydrogens (primary N) is 1. The van der Waals surface area contributed by atoms with Crippen LogP contribution in [0.15, 0.2) is 30.5 Å². The van der Waals surface area contributed by atoms with E-state index in [1.165, 1.54) is 11.8 Å². The van der Waals surface area contributed by atoms with E-state index in [0.717, 1.165) is 16.5 Å². The molecule has 0 aliphatic heterocycles. The third kappa shape index (κ3) is 7.00. The largest absolute Gasteiger partial charge is 0.481 e. The first-order valence-corrected chi connectivity index (χ1v) is 11.0. The number of rotatable bonds is 12. The number of carboxylic acid groups (broad SMARTS) is 2. The molecule has 0 spiro atoms. The van der Waals surface area contributed by atoms with Gasteiger partial charge in [0.2, 0.25) is 11.8 Å². The van der Waals surface area contributed by atoms with Crippen molar-refractivity contribution in [2.24, 2.45) is 5.73 Å². The summed E-state index contributed by atoms with van der Waals surface area (Å²) in [5.41, 5.74) is 7.15. The zero-order chi connectivity index (χ0) is 23.0. The molecule has 1 aromatic carbocycles. The number of nitrogens with one attached hydrogen (secondary N) is 3. The summed E-state index contributed by atoms with van der Waals surface area (Å²) in [5.74, 6) is -3.38. The van der Waals surface area contributed by atoms with E-state index in [9.17, 15) is 24.3 Å². The van der Waals surface area contributed by atoms with Crippen LogP contribution in [0, 0.1) is 0 Å². The second-order valence-electron chi connectivity index (χ2n) is 7.01. The van der Waals surface area contributed by atoms with Crippen LogP contribution in [0.3, 0.4) is 0 Å². The number of para-hydroxylation sites is 1.